The molecule has 0 saturated carbocycles. The van der Waals surface area contributed by atoms with Crippen molar-refractivity contribution < 1.29 is 18.9 Å². The third-order valence-corrected chi connectivity index (χ3v) is 8.88. The maximum Gasteiger partial charge on any atom is 0.232 e. The number of aromatic amines is 2. The molecule has 2 aliphatic rings. The minimum atomic E-state index is 0.383. The van der Waals surface area contributed by atoms with Crippen LogP contribution in [0.1, 0.15) is 63.0 Å². The van der Waals surface area contributed by atoms with E-state index in [1.807, 2.05) is 62.4 Å². The Morgan fingerprint density at radius 2 is 1.30 bits per heavy atom. The maximum atomic E-state index is 5.64. The number of nitrogens with zero attached hydrogens (tertiary/aromatic N) is 8. The van der Waals surface area contributed by atoms with Gasteiger partial charge in [0.25, 0.3) is 0 Å². The van der Waals surface area contributed by atoms with E-state index in [4.69, 9.17) is 18.9 Å². The maximum absolute atomic E-state index is 5.64. The number of H-pyrrole nitrogens is 2. The first-order chi connectivity index (χ1) is 24.5. The van der Waals surface area contributed by atoms with Gasteiger partial charge in [-0.1, -0.05) is 0 Å². The number of rotatable bonds is 10. The number of aromatic nitrogens is 10. The number of hydrogen-bond donors (Lipinski definition) is 4. The van der Waals surface area contributed by atoms with Crippen LogP contribution in [0.4, 0.5) is 23.3 Å². The van der Waals surface area contributed by atoms with E-state index in [2.05, 4.69) is 62.3 Å². The molecule has 0 bridgehead atoms. The Morgan fingerprint density at radius 1 is 0.760 bits per heavy atom. The summed E-state index contributed by atoms with van der Waals surface area (Å²) in [6, 6.07) is 4.60. The molecule has 16 nitrogen and oxygen atoms in total. The van der Waals surface area contributed by atoms with Gasteiger partial charge in [0.05, 0.1) is 65.0 Å². The Morgan fingerprint density at radius 3 is 1.86 bits per heavy atom. The smallest absolute Gasteiger partial charge is 0.232 e. The quantitative estimate of drug-likeness (QED) is 0.134. The SMILES string of the molecule is CCOc1nc(Nc2cn(C3CCOCC3)nc2C)nc2[nH]ccc12.CCOc1nc(Nc2cnn(C3CCOCC3)c2C)nc2[nH]ccc12. The molecule has 0 unspecified atom stereocenters. The molecule has 2 saturated heterocycles. The molecule has 6 aromatic rings. The van der Waals surface area contributed by atoms with Gasteiger partial charge in [0.2, 0.25) is 23.7 Å². The van der Waals surface area contributed by atoms with Crippen LogP contribution in [0.2, 0.25) is 0 Å². The second-order valence-electron chi connectivity index (χ2n) is 12.2. The van der Waals surface area contributed by atoms with Gasteiger partial charge in [-0.25, -0.2) is 0 Å². The monoisotopic (exact) mass is 684 g/mol. The van der Waals surface area contributed by atoms with Gasteiger partial charge in [0.1, 0.15) is 11.3 Å². The predicted octanol–water partition coefficient (Wildman–Crippen LogP) is 5.91. The minimum absolute atomic E-state index is 0.383. The molecule has 0 spiro atoms. The van der Waals surface area contributed by atoms with Crippen LogP contribution in [0.25, 0.3) is 22.1 Å². The van der Waals surface area contributed by atoms with Gasteiger partial charge in [-0.15, -0.1) is 0 Å². The summed E-state index contributed by atoms with van der Waals surface area (Å²) in [6.45, 7) is 12.2. The summed E-state index contributed by atoms with van der Waals surface area (Å²) in [5.41, 5.74) is 5.28. The third kappa shape index (κ3) is 7.21. The third-order valence-electron chi connectivity index (χ3n) is 8.88. The number of nitrogens with one attached hydrogen (secondary N) is 4. The van der Waals surface area contributed by atoms with Crippen LogP contribution in [-0.4, -0.2) is 89.1 Å². The van der Waals surface area contributed by atoms with Crippen molar-refractivity contribution in [3.63, 3.8) is 0 Å². The van der Waals surface area contributed by atoms with Gasteiger partial charge >= 0.3 is 0 Å². The molecule has 6 aromatic heterocycles. The lowest BCUT2D eigenvalue weighted by molar-refractivity contribution is 0.0657. The van der Waals surface area contributed by atoms with E-state index in [0.717, 1.165) is 96.9 Å². The summed E-state index contributed by atoms with van der Waals surface area (Å²) in [7, 11) is 0. The van der Waals surface area contributed by atoms with Crippen LogP contribution in [-0.2, 0) is 9.47 Å². The molecular weight excluding hydrogens is 640 g/mol. The fraction of sp³-hybridized carbons (Fsp3) is 0.471. The van der Waals surface area contributed by atoms with Gasteiger partial charge in [0, 0.05) is 45.0 Å². The minimum Gasteiger partial charge on any atom is -0.477 e. The van der Waals surface area contributed by atoms with Gasteiger partial charge in [-0.2, -0.15) is 30.1 Å². The summed E-state index contributed by atoms with van der Waals surface area (Å²) in [5, 5.41) is 17.5. The topological polar surface area (TPSA) is 180 Å². The molecule has 0 radical (unpaired) electrons. The standard InChI is InChI=1S/2C17H22N6O2/c1-3-25-16-13-4-7-18-15(13)20-17(21-16)19-14-10-23(22-11(14)2)12-5-8-24-9-6-12;1-3-25-16-13-4-7-18-15(13)21-17(22-16)20-14-10-19-23(11(14)2)12-5-8-24-9-6-12/h4,7,10,12H,3,5-6,8-9H2,1-2H3,(H2,18,19,20,21);4,7,10,12H,3,5-6,8-9H2,1-2H3,(H2,18,20,21,22). The van der Waals surface area contributed by atoms with Crippen LogP contribution in [0, 0.1) is 13.8 Å². The zero-order valence-electron chi connectivity index (χ0n) is 28.9. The zero-order valence-corrected chi connectivity index (χ0v) is 28.9. The van der Waals surface area contributed by atoms with E-state index in [0.29, 0.717) is 49.0 Å². The molecule has 4 N–H and O–H groups in total. The van der Waals surface area contributed by atoms with Gasteiger partial charge in [-0.3, -0.25) is 9.36 Å². The normalized spacial score (nSPS) is 15.6. The highest BCUT2D eigenvalue weighted by molar-refractivity contribution is 5.83. The van der Waals surface area contributed by atoms with Crippen LogP contribution in [0.15, 0.2) is 36.9 Å². The molecule has 0 aromatic carbocycles. The fourth-order valence-corrected chi connectivity index (χ4v) is 6.26. The van der Waals surface area contributed by atoms with Crippen molar-refractivity contribution in [1.82, 2.24) is 49.5 Å². The van der Waals surface area contributed by atoms with E-state index in [9.17, 15) is 0 Å². The summed E-state index contributed by atoms with van der Waals surface area (Å²) in [4.78, 5) is 24.3. The molecule has 16 heteroatoms. The van der Waals surface area contributed by atoms with Crippen LogP contribution in [0.5, 0.6) is 11.8 Å². The summed E-state index contributed by atoms with van der Waals surface area (Å²) < 4.78 is 26.2. The van der Waals surface area contributed by atoms with Crippen molar-refractivity contribution in [2.75, 3.05) is 50.3 Å². The lowest BCUT2D eigenvalue weighted by Crippen LogP contribution is -2.21. The second kappa shape index (κ2) is 15.1. The summed E-state index contributed by atoms with van der Waals surface area (Å²) in [5.74, 6) is 2.14. The fourth-order valence-electron chi connectivity index (χ4n) is 6.26. The molecule has 50 heavy (non-hydrogen) atoms. The highest BCUT2D eigenvalue weighted by Gasteiger charge is 2.21. The summed E-state index contributed by atoms with van der Waals surface area (Å²) in [6.07, 6.45) is 11.5. The first-order valence-corrected chi connectivity index (χ1v) is 17.3. The number of ether oxygens (including phenoxy) is 4. The lowest BCUT2D eigenvalue weighted by atomic mass is 10.1. The largest absolute Gasteiger partial charge is 0.477 e. The first-order valence-electron chi connectivity index (χ1n) is 17.3. The molecule has 0 atom stereocenters. The average Bonchev–Trinajstić information content (AvgIpc) is 3.95. The van der Waals surface area contributed by atoms with Crippen molar-refractivity contribution in [3.05, 3.63) is 48.3 Å². The van der Waals surface area contributed by atoms with Crippen LogP contribution < -0.4 is 20.1 Å². The number of aryl methyl sites for hydroxylation is 1. The molecule has 0 aliphatic carbocycles. The lowest BCUT2D eigenvalue weighted by Gasteiger charge is -2.23. The van der Waals surface area contributed by atoms with Crippen molar-refractivity contribution in [3.8, 4) is 11.8 Å². The van der Waals surface area contributed by atoms with Gasteiger partial charge in [-0.05, 0) is 65.5 Å². The zero-order chi connectivity index (χ0) is 34.5. The summed E-state index contributed by atoms with van der Waals surface area (Å²) >= 11 is 0. The molecule has 8 heterocycles. The van der Waals surface area contributed by atoms with Crippen LogP contribution in [0.3, 0.4) is 0 Å². The predicted molar refractivity (Wildman–Crippen MR) is 189 cm³/mol. The molecule has 2 aliphatic heterocycles. The van der Waals surface area contributed by atoms with Crippen molar-refractivity contribution in [2.45, 2.75) is 65.5 Å². The van der Waals surface area contributed by atoms with Gasteiger partial charge in [0.15, 0.2) is 0 Å². The van der Waals surface area contributed by atoms with Crippen LogP contribution >= 0.6 is 0 Å². The molecular formula is C34H44N12O4. The number of hydrogen-bond acceptors (Lipinski definition) is 12. The first kappa shape index (κ1) is 33.3. The van der Waals surface area contributed by atoms with Gasteiger partial charge < -0.3 is 39.5 Å². The Hall–Kier alpha value is -5.22. The Bertz CT molecular complexity index is 1940. The van der Waals surface area contributed by atoms with Crippen molar-refractivity contribution in [1.29, 1.82) is 0 Å². The highest BCUT2D eigenvalue weighted by atomic mass is 16.5. The molecule has 264 valence electrons. The number of fused-ring (bicyclic) bond motifs is 2. The van der Waals surface area contributed by atoms with E-state index < -0.39 is 0 Å². The highest BCUT2D eigenvalue weighted by Crippen LogP contribution is 2.30. The Labute approximate surface area is 289 Å². The van der Waals surface area contributed by atoms with Crippen molar-refractivity contribution >= 4 is 45.3 Å². The van der Waals surface area contributed by atoms with E-state index in [1.54, 1.807) is 0 Å². The van der Waals surface area contributed by atoms with E-state index in [1.165, 1.54) is 0 Å². The van der Waals surface area contributed by atoms with E-state index in [-0.39, 0.29) is 0 Å². The molecule has 2 fully saturated rings. The second-order valence-corrected chi connectivity index (χ2v) is 12.2. The van der Waals surface area contributed by atoms with E-state index >= 15 is 0 Å². The number of anilines is 4. The average molecular weight is 685 g/mol. The van der Waals surface area contributed by atoms with Crippen molar-refractivity contribution in [2.24, 2.45) is 0 Å². The Kier molecular flexibility index (Phi) is 10.1. The Balaban J connectivity index is 0.000000157. The molecule has 8 rings (SSSR count). The molecule has 0 amide bonds.